The molecule has 2 rings (SSSR count). The fraction of sp³-hybridized carbons (Fsp3) is 0.500. The predicted octanol–water partition coefficient (Wildman–Crippen LogP) is 3.43. The summed E-state index contributed by atoms with van der Waals surface area (Å²) in [5.74, 6) is 0.284. The van der Waals surface area contributed by atoms with Crippen molar-refractivity contribution in [2.75, 3.05) is 25.1 Å². The molecular formula is C12H15BrFNO. The number of halogens is 2. The third-order valence-electron chi connectivity index (χ3n) is 2.76. The zero-order valence-electron chi connectivity index (χ0n) is 9.01. The number of ether oxygens (including phenoxy) is 1. The van der Waals surface area contributed by atoms with Gasteiger partial charge in [0.05, 0.1) is 12.3 Å². The zero-order chi connectivity index (χ0) is 11.4. The van der Waals surface area contributed by atoms with Gasteiger partial charge in [-0.15, -0.1) is 0 Å². The van der Waals surface area contributed by atoms with E-state index in [4.69, 9.17) is 4.74 Å². The number of nitrogens with one attached hydrogen (secondary N) is 1. The molecule has 88 valence electrons. The van der Waals surface area contributed by atoms with Gasteiger partial charge in [-0.25, -0.2) is 4.39 Å². The van der Waals surface area contributed by atoms with Gasteiger partial charge >= 0.3 is 0 Å². The van der Waals surface area contributed by atoms with Crippen LogP contribution in [0.25, 0.3) is 0 Å². The first-order valence-corrected chi connectivity index (χ1v) is 6.31. The van der Waals surface area contributed by atoms with E-state index in [1.54, 1.807) is 12.1 Å². The number of anilines is 1. The summed E-state index contributed by atoms with van der Waals surface area (Å²) < 4.78 is 19.7. The van der Waals surface area contributed by atoms with Gasteiger partial charge in [0.2, 0.25) is 0 Å². The van der Waals surface area contributed by atoms with Crippen LogP contribution in [0.1, 0.15) is 12.8 Å². The molecular weight excluding hydrogens is 273 g/mol. The molecule has 1 fully saturated rings. The lowest BCUT2D eigenvalue weighted by Gasteiger charge is -2.22. The van der Waals surface area contributed by atoms with Crippen molar-refractivity contribution in [2.45, 2.75) is 12.8 Å². The SMILES string of the molecule is Fc1ccc(Br)cc1NCC1CCCOC1. The average molecular weight is 288 g/mol. The zero-order valence-corrected chi connectivity index (χ0v) is 10.6. The van der Waals surface area contributed by atoms with Gasteiger partial charge in [0.15, 0.2) is 0 Å². The molecule has 16 heavy (non-hydrogen) atoms. The number of benzene rings is 1. The molecule has 2 nitrogen and oxygen atoms in total. The molecule has 4 heteroatoms. The van der Waals surface area contributed by atoms with Crippen LogP contribution in [-0.4, -0.2) is 19.8 Å². The van der Waals surface area contributed by atoms with Crippen molar-refractivity contribution in [3.63, 3.8) is 0 Å². The van der Waals surface area contributed by atoms with Crippen molar-refractivity contribution >= 4 is 21.6 Å². The van der Waals surface area contributed by atoms with Crippen LogP contribution in [0.15, 0.2) is 22.7 Å². The largest absolute Gasteiger partial charge is 0.382 e. The molecule has 0 amide bonds. The van der Waals surface area contributed by atoms with Crippen molar-refractivity contribution in [3.8, 4) is 0 Å². The molecule has 1 aliphatic heterocycles. The van der Waals surface area contributed by atoms with E-state index in [1.807, 2.05) is 0 Å². The highest BCUT2D eigenvalue weighted by Gasteiger charge is 2.14. The van der Waals surface area contributed by atoms with E-state index in [0.717, 1.165) is 37.1 Å². The molecule has 0 radical (unpaired) electrons. The number of hydrogen-bond donors (Lipinski definition) is 1. The minimum absolute atomic E-state index is 0.208. The Morgan fingerprint density at radius 3 is 3.12 bits per heavy atom. The minimum Gasteiger partial charge on any atom is -0.382 e. The van der Waals surface area contributed by atoms with Crippen LogP contribution in [0.3, 0.4) is 0 Å². The smallest absolute Gasteiger partial charge is 0.146 e. The highest BCUT2D eigenvalue weighted by molar-refractivity contribution is 9.10. The highest BCUT2D eigenvalue weighted by Crippen LogP contribution is 2.21. The van der Waals surface area contributed by atoms with Crippen LogP contribution in [-0.2, 0) is 4.74 Å². The Balaban J connectivity index is 1.90. The molecule has 1 saturated heterocycles. The van der Waals surface area contributed by atoms with Crippen molar-refractivity contribution in [2.24, 2.45) is 5.92 Å². The van der Waals surface area contributed by atoms with Gasteiger partial charge in [0, 0.05) is 17.6 Å². The molecule has 0 aliphatic carbocycles. The maximum Gasteiger partial charge on any atom is 0.146 e. The van der Waals surface area contributed by atoms with Crippen LogP contribution in [0, 0.1) is 11.7 Å². The Morgan fingerprint density at radius 2 is 2.38 bits per heavy atom. The van der Waals surface area contributed by atoms with E-state index < -0.39 is 0 Å². The second kappa shape index (κ2) is 5.64. The summed E-state index contributed by atoms with van der Waals surface area (Å²) in [5.41, 5.74) is 0.556. The summed E-state index contributed by atoms with van der Waals surface area (Å²) in [7, 11) is 0. The van der Waals surface area contributed by atoms with Crippen LogP contribution in [0.5, 0.6) is 0 Å². The Morgan fingerprint density at radius 1 is 1.50 bits per heavy atom. The third-order valence-corrected chi connectivity index (χ3v) is 3.26. The quantitative estimate of drug-likeness (QED) is 0.920. The van der Waals surface area contributed by atoms with E-state index >= 15 is 0 Å². The lowest BCUT2D eigenvalue weighted by Crippen LogP contribution is -2.24. The van der Waals surface area contributed by atoms with Gasteiger partial charge < -0.3 is 10.1 Å². The molecule has 1 atom stereocenters. The summed E-state index contributed by atoms with van der Waals surface area (Å²) in [6.07, 6.45) is 2.26. The van der Waals surface area contributed by atoms with Gasteiger partial charge in [-0.3, -0.25) is 0 Å². The number of rotatable bonds is 3. The van der Waals surface area contributed by atoms with E-state index in [0.29, 0.717) is 11.6 Å². The molecule has 1 aromatic rings. The first-order valence-electron chi connectivity index (χ1n) is 5.52. The molecule has 1 N–H and O–H groups in total. The summed E-state index contributed by atoms with van der Waals surface area (Å²) in [5, 5.41) is 3.14. The van der Waals surface area contributed by atoms with E-state index in [2.05, 4.69) is 21.2 Å². The van der Waals surface area contributed by atoms with E-state index in [1.165, 1.54) is 6.07 Å². The van der Waals surface area contributed by atoms with Crippen molar-refractivity contribution in [1.29, 1.82) is 0 Å². The molecule has 1 aliphatic rings. The standard InChI is InChI=1S/C12H15BrFNO/c13-10-3-4-11(14)12(6-10)15-7-9-2-1-5-16-8-9/h3-4,6,9,15H,1-2,5,7-8H2. The van der Waals surface area contributed by atoms with Crippen molar-refractivity contribution in [1.82, 2.24) is 0 Å². The molecule has 0 bridgehead atoms. The monoisotopic (exact) mass is 287 g/mol. The summed E-state index contributed by atoms with van der Waals surface area (Å²) >= 11 is 3.33. The highest BCUT2D eigenvalue weighted by atomic mass is 79.9. The summed E-state index contributed by atoms with van der Waals surface area (Å²) in [4.78, 5) is 0. The molecule has 0 aromatic heterocycles. The molecule has 1 heterocycles. The fourth-order valence-corrected chi connectivity index (χ4v) is 2.22. The Bertz CT molecular complexity index is 353. The van der Waals surface area contributed by atoms with Gasteiger partial charge in [-0.05, 0) is 37.0 Å². The maximum atomic E-state index is 13.4. The third kappa shape index (κ3) is 3.19. The normalized spacial score (nSPS) is 20.8. The predicted molar refractivity (Wildman–Crippen MR) is 66.1 cm³/mol. The summed E-state index contributed by atoms with van der Waals surface area (Å²) in [6, 6.07) is 4.92. The Kier molecular flexibility index (Phi) is 4.18. The maximum absolute atomic E-state index is 13.4. The molecule has 0 spiro atoms. The van der Waals surface area contributed by atoms with E-state index in [-0.39, 0.29) is 5.82 Å². The van der Waals surface area contributed by atoms with E-state index in [9.17, 15) is 4.39 Å². The second-order valence-corrected chi connectivity index (χ2v) is 5.00. The van der Waals surface area contributed by atoms with Crippen LogP contribution in [0.4, 0.5) is 10.1 Å². The van der Waals surface area contributed by atoms with Crippen molar-refractivity contribution < 1.29 is 9.13 Å². The Hall–Kier alpha value is -0.610. The minimum atomic E-state index is -0.208. The first-order chi connectivity index (χ1) is 7.75. The van der Waals surface area contributed by atoms with Gasteiger partial charge in [-0.1, -0.05) is 15.9 Å². The number of hydrogen-bond acceptors (Lipinski definition) is 2. The topological polar surface area (TPSA) is 21.3 Å². The van der Waals surface area contributed by atoms with Gasteiger partial charge in [0.25, 0.3) is 0 Å². The summed E-state index contributed by atoms with van der Waals surface area (Å²) in [6.45, 7) is 2.41. The molecule has 1 aromatic carbocycles. The van der Waals surface area contributed by atoms with Crippen LogP contribution >= 0.6 is 15.9 Å². The molecule has 1 unspecified atom stereocenters. The van der Waals surface area contributed by atoms with Gasteiger partial charge in [-0.2, -0.15) is 0 Å². The van der Waals surface area contributed by atoms with Crippen LogP contribution in [0.2, 0.25) is 0 Å². The lowest BCUT2D eigenvalue weighted by atomic mass is 10.0. The van der Waals surface area contributed by atoms with Crippen molar-refractivity contribution in [3.05, 3.63) is 28.5 Å². The second-order valence-electron chi connectivity index (χ2n) is 4.09. The average Bonchev–Trinajstić information content (AvgIpc) is 2.32. The molecule has 0 saturated carbocycles. The lowest BCUT2D eigenvalue weighted by molar-refractivity contribution is 0.0595. The fourth-order valence-electron chi connectivity index (χ4n) is 1.86. The van der Waals surface area contributed by atoms with Crippen LogP contribution < -0.4 is 5.32 Å². The van der Waals surface area contributed by atoms with Gasteiger partial charge in [0.1, 0.15) is 5.82 Å². The first kappa shape index (κ1) is 11.9. The Labute approximate surface area is 103 Å².